The predicted octanol–water partition coefficient (Wildman–Crippen LogP) is 3.97. The summed E-state index contributed by atoms with van der Waals surface area (Å²) in [6, 6.07) is 11.2. The van der Waals surface area contributed by atoms with Crippen molar-refractivity contribution in [3.8, 4) is 5.75 Å². The Kier molecular flexibility index (Phi) is 4.70. The lowest BCUT2D eigenvalue weighted by Gasteiger charge is -2.28. The summed E-state index contributed by atoms with van der Waals surface area (Å²) in [5.41, 5.74) is 1.70. The van der Waals surface area contributed by atoms with Gasteiger partial charge in [0, 0.05) is 0 Å². The zero-order valence-electron chi connectivity index (χ0n) is 13.6. The molecule has 0 aliphatic carbocycles. The SMILES string of the molecule is Cc1ccc([C@H](NC(=O)[C@H]2COc3ccccc3C2)C(F)(F)F)cc1. The minimum atomic E-state index is -4.57. The molecule has 0 fully saturated rings. The van der Waals surface area contributed by atoms with Gasteiger partial charge in [-0.05, 0) is 30.5 Å². The van der Waals surface area contributed by atoms with Crippen LogP contribution in [0.3, 0.4) is 0 Å². The summed E-state index contributed by atoms with van der Waals surface area (Å²) in [6.45, 7) is 1.86. The fraction of sp³-hybridized carbons (Fsp3) is 0.316. The summed E-state index contributed by atoms with van der Waals surface area (Å²) in [6.07, 6.45) is -4.21. The van der Waals surface area contributed by atoms with Gasteiger partial charge >= 0.3 is 6.18 Å². The Bertz CT molecular complexity index is 756. The maximum absolute atomic E-state index is 13.4. The molecule has 1 N–H and O–H groups in total. The van der Waals surface area contributed by atoms with Crippen molar-refractivity contribution in [1.82, 2.24) is 5.32 Å². The van der Waals surface area contributed by atoms with Crippen molar-refractivity contribution < 1.29 is 22.7 Å². The van der Waals surface area contributed by atoms with E-state index in [-0.39, 0.29) is 12.2 Å². The van der Waals surface area contributed by atoms with Gasteiger partial charge in [0.1, 0.15) is 12.4 Å². The molecule has 0 saturated carbocycles. The first kappa shape index (κ1) is 17.3. The van der Waals surface area contributed by atoms with Crippen LogP contribution < -0.4 is 10.1 Å². The second-order valence-corrected chi connectivity index (χ2v) is 6.21. The summed E-state index contributed by atoms with van der Waals surface area (Å²) < 4.78 is 45.8. The largest absolute Gasteiger partial charge is 0.492 e. The zero-order valence-corrected chi connectivity index (χ0v) is 13.6. The Balaban J connectivity index is 1.76. The number of fused-ring (bicyclic) bond motifs is 1. The number of nitrogens with one attached hydrogen (secondary N) is 1. The van der Waals surface area contributed by atoms with Crippen LogP contribution >= 0.6 is 0 Å². The normalized spacial score (nSPS) is 18.0. The third kappa shape index (κ3) is 3.95. The van der Waals surface area contributed by atoms with Crippen LogP contribution in [0.5, 0.6) is 5.75 Å². The quantitative estimate of drug-likeness (QED) is 0.911. The number of hydrogen-bond donors (Lipinski definition) is 1. The number of rotatable bonds is 3. The molecular formula is C19H18F3NO2. The first-order valence-electron chi connectivity index (χ1n) is 7.99. The number of halogens is 3. The highest BCUT2D eigenvalue weighted by atomic mass is 19.4. The van der Waals surface area contributed by atoms with Gasteiger partial charge in [-0.3, -0.25) is 4.79 Å². The molecule has 1 heterocycles. The number of carbonyl (C=O) groups is 1. The van der Waals surface area contributed by atoms with Crippen LogP contribution in [0.4, 0.5) is 13.2 Å². The molecule has 0 aromatic heterocycles. The third-order valence-electron chi connectivity index (χ3n) is 4.27. The lowest BCUT2D eigenvalue weighted by Crippen LogP contribution is -2.43. The van der Waals surface area contributed by atoms with Crippen LogP contribution in [0.2, 0.25) is 0 Å². The lowest BCUT2D eigenvalue weighted by molar-refractivity contribution is -0.165. The standard InChI is InChI=1S/C19H18F3NO2/c1-12-6-8-13(9-7-12)17(19(20,21)22)23-18(24)15-10-14-4-2-3-5-16(14)25-11-15/h2-9,15,17H,10-11H2,1H3,(H,23,24)/t15-,17+/m1/s1. The third-order valence-corrected chi connectivity index (χ3v) is 4.27. The van der Waals surface area contributed by atoms with Crippen LogP contribution in [0.15, 0.2) is 48.5 Å². The highest BCUT2D eigenvalue weighted by Gasteiger charge is 2.43. The van der Waals surface area contributed by atoms with Crippen molar-refractivity contribution in [3.63, 3.8) is 0 Å². The van der Waals surface area contributed by atoms with Gasteiger partial charge in [-0.15, -0.1) is 0 Å². The smallest absolute Gasteiger partial charge is 0.412 e. The van der Waals surface area contributed by atoms with E-state index in [1.807, 2.05) is 18.2 Å². The minimum absolute atomic E-state index is 0.0172. The number of aryl methyl sites for hydroxylation is 1. The summed E-state index contributed by atoms with van der Waals surface area (Å²) in [4.78, 5) is 12.4. The van der Waals surface area contributed by atoms with Crippen LogP contribution in [0.25, 0.3) is 0 Å². The lowest BCUT2D eigenvalue weighted by atomic mass is 9.95. The molecular weight excluding hydrogens is 331 g/mol. The summed E-state index contributed by atoms with van der Waals surface area (Å²) >= 11 is 0. The molecule has 3 nitrogen and oxygen atoms in total. The molecule has 0 spiro atoms. The highest BCUT2D eigenvalue weighted by Crippen LogP contribution is 2.34. The van der Waals surface area contributed by atoms with Crippen LogP contribution in [0.1, 0.15) is 22.7 Å². The van der Waals surface area contributed by atoms with Crippen molar-refractivity contribution >= 4 is 5.91 Å². The van der Waals surface area contributed by atoms with E-state index in [2.05, 4.69) is 5.32 Å². The summed E-state index contributed by atoms with van der Waals surface area (Å²) in [5, 5.41) is 2.15. The molecule has 1 amide bonds. The monoisotopic (exact) mass is 349 g/mol. The van der Waals surface area contributed by atoms with Crippen LogP contribution in [-0.4, -0.2) is 18.7 Å². The Morgan fingerprint density at radius 3 is 2.52 bits per heavy atom. The van der Waals surface area contributed by atoms with E-state index < -0.39 is 24.0 Å². The second-order valence-electron chi connectivity index (χ2n) is 6.21. The number of carbonyl (C=O) groups excluding carboxylic acids is 1. The van der Waals surface area contributed by atoms with E-state index in [4.69, 9.17) is 4.74 Å². The van der Waals surface area contributed by atoms with Crippen molar-refractivity contribution in [1.29, 1.82) is 0 Å². The Morgan fingerprint density at radius 2 is 1.84 bits per heavy atom. The van der Waals surface area contributed by atoms with Crippen molar-refractivity contribution in [2.75, 3.05) is 6.61 Å². The fourth-order valence-electron chi connectivity index (χ4n) is 2.87. The number of alkyl halides is 3. The maximum atomic E-state index is 13.4. The topological polar surface area (TPSA) is 38.3 Å². The molecule has 2 aromatic rings. The zero-order chi connectivity index (χ0) is 18.0. The van der Waals surface area contributed by atoms with E-state index in [0.717, 1.165) is 11.1 Å². The van der Waals surface area contributed by atoms with Gasteiger partial charge in [-0.25, -0.2) is 0 Å². The molecule has 0 bridgehead atoms. The van der Waals surface area contributed by atoms with Gasteiger partial charge in [-0.1, -0.05) is 48.0 Å². The van der Waals surface area contributed by atoms with Gasteiger partial charge in [0.15, 0.2) is 6.04 Å². The van der Waals surface area contributed by atoms with E-state index in [1.54, 1.807) is 25.1 Å². The van der Waals surface area contributed by atoms with Crippen molar-refractivity contribution in [2.24, 2.45) is 5.92 Å². The molecule has 2 atom stereocenters. The summed E-state index contributed by atoms with van der Waals surface area (Å²) in [7, 11) is 0. The second kappa shape index (κ2) is 6.78. The molecule has 0 saturated heterocycles. The van der Waals surface area contributed by atoms with E-state index in [0.29, 0.717) is 12.2 Å². The molecule has 25 heavy (non-hydrogen) atoms. The molecule has 1 aliphatic rings. The number of amides is 1. The molecule has 0 unspecified atom stereocenters. The Labute approximate surface area is 143 Å². The van der Waals surface area contributed by atoms with Gasteiger partial charge in [0.25, 0.3) is 0 Å². The number of para-hydroxylation sites is 1. The van der Waals surface area contributed by atoms with Gasteiger partial charge in [-0.2, -0.15) is 13.2 Å². The number of hydrogen-bond acceptors (Lipinski definition) is 2. The average Bonchev–Trinajstić information content (AvgIpc) is 2.59. The van der Waals surface area contributed by atoms with Crippen molar-refractivity contribution in [2.45, 2.75) is 25.6 Å². The Morgan fingerprint density at radius 1 is 1.16 bits per heavy atom. The van der Waals surface area contributed by atoms with Crippen LogP contribution in [-0.2, 0) is 11.2 Å². The van der Waals surface area contributed by atoms with Gasteiger partial charge < -0.3 is 10.1 Å². The molecule has 0 radical (unpaired) electrons. The first-order chi connectivity index (χ1) is 11.8. The molecule has 6 heteroatoms. The van der Waals surface area contributed by atoms with Gasteiger partial charge in [0.05, 0.1) is 5.92 Å². The van der Waals surface area contributed by atoms with E-state index in [1.165, 1.54) is 12.1 Å². The Hall–Kier alpha value is -2.50. The highest BCUT2D eigenvalue weighted by molar-refractivity contribution is 5.80. The molecule has 1 aliphatic heterocycles. The molecule has 3 rings (SSSR count). The van der Waals surface area contributed by atoms with Crippen LogP contribution in [0, 0.1) is 12.8 Å². The van der Waals surface area contributed by atoms with E-state index >= 15 is 0 Å². The maximum Gasteiger partial charge on any atom is 0.412 e. The molecule has 132 valence electrons. The fourth-order valence-corrected chi connectivity index (χ4v) is 2.87. The first-order valence-corrected chi connectivity index (χ1v) is 7.99. The minimum Gasteiger partial charge on any atom is -0.492 e. The number of benzene rings is 2. The average molecular weight is 349 g/mol. The number of ether oxygens (including phenoxy) is 1. The van der Waals surface area contributed by atoms with Gasteiger partial charge in [0.2, 0.25) is 5.91 Å². The van der Waals surface area contributed by atoms with Crippen molar-refractivity contribution in [3.05, 3.63) is 65.2 Å². The van der Waals surface area contributed by atoms with E-state index in [9.17, 15) is 18.0 Å². The molecule has 2 aromatic carbocycles. The predicted molar refractivity (Wildman–Crippen MR) is 87.2 cm³/mol. The summed E-state index contributed by atoms with van der Waals surface area (Å²) in [5.74, 6) is -0.625.